The lowest BCUT2D eigenvalue weighted by molar-refractivity contribution is 0.102. The summed E-state index contributed by atoms with van der Waals surface area (Å²) in [6, 6.07) is 19.6. The summed E-state index contributed by atoms with van der Waals surface area (Å²) in [6.07, 6.45) is 0. The molecule has 0 bridgehead atoms. The van der Waals surface area contributed by atoms with Crippen molar-refractivity contribution in [2.75, 3.05) is 18.5 Å². The molecule has 0 saturated carbocycles. The van der Waals surface area contributed by atoms with E-state index in [9.17, 15) is 4.79 Å². The van der Waals surface area contributed by atoms with Crippen molar-refractivity contribution < 1.29 is 19.0 Å². The van der Waals surface area contributed by atoms with Gasteiger partial charge in [-0.05, 0) is 24.3 Å². The zero-order valence-electron chi connectivity index (χ0n) is 14.3. The minimum Gasteiger partial charge on any atom is -0.486 e. The van der Waals surface area contributed by atoms with Crippen LogP contribution in [-0.4, -0.2) is 19.1 Å². The van der Waals surface area contributed by atoms with E-state index in [2.05, 4.69) is 5.32 Å². The molecular formula is C21H16ClNO4. The number of ether oxygens (including phenoxy) is 3. The lowest BCUT2D eigenvalue weighted by atomic mass is 10.1. The highest BCUT2D eigenvalue weighted by Crippen LogP contribution is 2.38. The topological polar surface area (TPSA) is 56.8 Å². The van der Waals surface area contributed by atoms with E-state index in [1.54, 1.807) is 30.3 Å². The Bertz CT molecular complexity index is 975. The first kappa shape index (κ1) is 17.2. The lowest BCUT2D eigenvalue weighted by Crippen LogP contribution is -2.17. The highest BCUT2D eigenvalue weighted by Gasteiger charge is 2.18. The Morgan fingerprint density at radius 3 is 2.37 bits per heavy atom. The largest absolute Gasteiger partial charge is 0.486 e. The van der Waals surface area contributed by atoms with Gasteiger partial charge < -0.3 is 19.5 Å². The van der Waals surface area contributed by atoms with Gasteiger partial charge in [0.2, 0.25) is 0 Å². The second kappa shape index (κ2) is 7.60. The number of amides is 1. The molecule has 3 aromatic rings. The molecule has 1 N–H and O–H groups in total. The van der Waals surface area contributed by atoms with Crippen molar-refractivity contribution in [1.29, 1.82) is 0 Å². The SMILES string of the molecule is O=C(Nc1cc2c(cc1Cl)OCCO2)c1ccccc1Oc1ccccc1. The number of hydrogen-bond acceptors (Lipinski definition) is 4. The third kappa shape index (κ3) is 3.83. The lowest BCUT2D eigenvalue weighted by Gasteiger charge is -2.20. The first-order chi connectivity index (χ1) is 13.2. The molecular weight excluding hydrogens is 366 g/mol. The minimum atomic E-state index is -0.333. The molecule has 0 aromatic heterocycles. The van der Waals surface area contributed by atoms with E-state index in [0.29, 0.717) is 52.5 Å². The molecule has 0 radical (unpaired) electrons. The summed E-state index contributed by atoms with van der Waals surface area (Å²) >= 11 is 6.28. The summed E-state index contributed by atoms with van der Waals surface area (Å²) in [5.41, 5.74) is 0.840. The molecule has 0 saturated heterocycles. The van der Waals surface area contributed by atoms with Gasteiger partial charge >= 0.3 is 0 Å². The number of rotatable bonds is 4. The molecule has 27 heavy (non-hydrogen) atoms. The minimum absolute atomic E-state index is 0.333. The number of nitrogens with one attached hydrogen (secondary N) is 1. The molecule has 1 heterocycles. The maximum absolute atomic E-state index is 12.8. The molecule has 6 heteroatoms. The quantitative estimate of drug-likeness (QED) is 0.678. The van der Waals surface area contributed by atoms with Gasteiger partial charge in [0.25, 0.3) is 5.91 Å². The normalized spacial score (nSPS) is 12.3. The van der Waals surface area contributed by atoms with E-state index in [4.69, 9.17) is 25.8 Å². The Balaban J connectivity index is 1.59. The number of fused-ring (bicyclic) bond motifs is 1. The third-order valence-electron chi connectivity index (χ3n) is 3.98. The Labute approximate surface area is 161 Å². The van der Waals surface area contributed by atoms with E-state index in [1.165, 1.54) is 0 Å². The number of carbonyl (C=O) groups is 1. The van der Waals surface area contributed by atoms with Crippen molar-refractivity contribution in [3.8, 4) is 23.0 Å². The van der Waals surface area contributed by atoms with Crippen LogP contribution in [0.3, 0.4) is 0 Å². The number of benzene rings is 3. The summed E-state index contributed by atoms with van der Waals surface area (Å²) in [5, 5.41) is 3.19. The summed E-state index contributed by atoms with van der Waals surface area (Å²) in [5.74, 6) is 1.89. The number of hydrogen-bond donors (Lipinski definition) is 1. The van der Waals surface area contributed by atoms with Crippen molar-refractivity contribution in [1.82, 2.24) is 0 Å². The fraction of sp³-hybridized carbons (Fsp3) is 0.0952. The highest BCUT2D eigenvalue weighted by molar-refractivity contribution is 6.34. The maximum Gasteiger partial charge on any atom is 0.259 e. The van der Waals surface area contributed by atoms with Gasteiger partial charge in [-0.25, -0.2) is 0 Å². The Kier molecular flexibility index (Phi) is 4.85. The molecule has 5 nitrogen and oxygen atoms in total. The predicted octanol–water partition coefficient (Wildman–Crippen LogP) is 5.16. The molecule has 0 fully saturated rings. The van der Waals surface area contributed by atoms with Crippen LogP contribution >= 0.6 is 11.6 Å². The number of para-hydroxylation sites is 2. The number of halogens is 1. The van der Waals surface area contributed by atoms with Crippen LogP contribution in [0.25, 0.3) is 0 Å². The smallest absolute Gasteiger partial charge is 0.259 e. The van der Waals surface area contributed by atoms with Gasteiger partial charge in [0.1, 0.15) is 24.7 Å². The summed E-state index contributed by atoms with van der Waals surface area (Å²) in [4.78, 5) is 12.8. The molecule has 1 aliphatic rings. The highest BCUT2D eigenvalue weighted by atomic mass is 35.5. The Morgan fingerprint density at radius 2 is 1.59 bits per heavy atom. The van der Waals surface area contributed by atoms with Crippen molar-refractivity contribution >= 4 is 23.2 Å². The van der Waals surface area contributed by atoms with E-state index >= 15 is 0 Å². The van der Waals surface area contributed by atoms with Crippen molar-refractivity contribution in [3.05, 3.63) is 77.3 Å². The fourth-order valence-corrected chi connectivity index (χ4v) is 2.91. The molecule has 136 valence electrons. The van der Waals surface area contributed by atoms with Crippen LogP contribution in [0, 0.1) is 0 Å². The molecule has 0 spiro atoms. The second-order valence-corrected chi connectivity index (χ2v) is 6.25. The van der Waals surface area contributed by atoms with Crippen LogP contribution in [0.15, 0.2) is 66.7 Å². The Hall–Kier alpha value is -3.18. The average Bonchev–Trinajstić information content (AvgIpc) is 2.70. The van der Waals surface area contributed by atoms with Gasteiger partial charge in [-0.1, -0.05) is 41.9 Å². The fourth-order valence-electron chi connectivity index (χ4n) is 2.71. The standard InChI is InChI=1S/C21H16ClNO4/c22-16-12-19-20(26-11-10-25-19)13-17(16)23-21(24)15-8-4-5-9-18(15)27-14-6-2-1-3-7-14/h1-9,12-13H,10-11H2,(H,23,24). The van der Waals surface area contributed by atoms with Gasteiger partial charge in [-0.3, -0.25) is 4.79 Å². The van der Waals surface area contributed by atoms with Gasteiger partial charge in [-0.2, -0.15) is 0 Å². The zero-order chi connectivity index (χ0) is 18.6. The molecule has 0 aliphatic carbocycles. The second-order valence-electron chi connectivity index (χ2n) is 5.84. The molecule has 4 rings (SSSR count). The molecule has 1 aliphatic heterocycles. The van der Waals surface area contributed by atoms with Crippen LogP contribution in [0.1, 0.15) is 10.4 Å². The van der Waals surface area contributed by atoms with Gasteiger partial charge in [0.05, 0.1) is 16.3 Å². The van der Waals surface area contributed by atoms with E-state index < -0.39 is 0 Å². The van der Waals surface area contributed by atoms with Crippen LogP contribution in [0.4, 0.5) is 5.69 Å². The van der Waals surface area contributed by atoms with E-state index in [1.807, 2.05) is 36.4 Å². The zero-order valence-corrected chi connectivity index (χ0v) is 15.0. The van der Waals surface area contributed by atoms with Gasteiger partial charge in [0.15, 0.2) is 11.5 Å². The summed E-state index contributed by atoms with van der Waals surface area (Å²) in [7, 11) is 0. The Morgan fingerprint density at radius 1 is 0.926 bits per heavy atom. The molecule has 3 aromatic carbocycles. The van der Waals surface area contributed by atoms with Crippen molar-refractivity contribution in [3.63, 3.8) is 0 Å². The van der Waals surface area contributed by atoms with Crippen LogP contribution < -0.4 is 19.5 Å². The predicted molar refractivity (Wildman–Crippen MR) is 103 cm³/mol. The molecule has 0 atom stereocenters. The first-order valence-corrected chi connectivity index (χ1v) is 8.81. The number of carbonyl (C=O) groups excluding carboxylic acids is 1. The van der Waals surface area contributed by atoms with Crippen LogP contribution in [0.2, 0.25) is 5.02 Å². The van der Waals surface area contributed by atoms with Crippen LogP contribution in [0.5, 0.6) is 23.0 Å². The van der Waals surface area contributed by atoms with Gasteiger partial charge in [0, 0.05) is 12.1 Å². The van der Waals surface area contributed by atoms with Crippen molar-refractivity contribution in [2.45, 2.75) is 0 Å². The van der Waals surface area contributed by atoms with E-state index in [-0.39, 0.29) is 5.91 Å². The first-order valence-electron chi connectivity index (χ1n) is 8.43. The average molecular weight is 382 g/mol. The molecule has 0 unspecified atom stereocenters. The summed E-state index contributed by atoms with van der Waals surface area (Å²) in [6.45, 7) is 0.926. The van der Waals surface area contributed by atoms with Crippen LogP contribution in [-0.2, 0) is 0 Å². The maximum atomic E-state index is 12.8. The van der Waals surface area contributed by atoms with E-state index in [0.717, 1.165) is 0 Å². The van der Waals surface area contributed by atoms with Gasteiger partial charge in [-0.15, -0.1) is 0 Å². The number of anilines is 1. The summed E-state index contributed by atoms with van der Waals surface area (Å²) < 4.78 is 16.9. The van der Waals surface area contributed by atoms with Crippen molar-refractivity contribution in [2.24, 2.45) is 0 Å². The third-order valence-corrected chi connectivity index (χ3v) is 4.30. The molecule has 1 amide bonds. The monoisotopic (exact) mass is 381 g/mol.